The Morgan fingerprint density at radius 2 is 2.11 bits per heavy atom. The first-order valence-electron chi connectivity index (χ1n) is 6.11. The predicted molar refractivity (Wildman–Crippen MR) is 61.7 cm³/mol. The minimum Gasteiger partial charge on any atom is -0.406 e. The molecule has 1 aromatic carbocycles. The quantitative estimate of drug-likeness (QED) is 0.921. The van der Waals surface area contributed by atoms with E-state index >= 15 is 0 Å². The summed E-state index contributed by atoms with van der Waals surface area (Å²) < 4.78 is 45.6. The van der Waals surface area contributed by atoms with E-state index in [-0.39, 0.29) is 11.9 Å². The van der Waals surface area contributed by atoms with E-state index in [9.17, 15) is 18.3 Å². The number of rotatable bonds is 3. The van der Waals surface area contributed by atoms with E-state index in [0.29, 0.717) is 18.6 Å². The zero-order chi connectivity index (χ0) is 13.9. The Balaban J connectivity index is 2.09. The summed E-state index contributed by atoms with van der Waals surface area (Å²) in [6.45, 7) is 0.570. The molecule has 19 heavy (non-hydrogen) atoms. The van der Waals surface area contributed by atoms with Crippen molar-refractivity contribution < 1.29 is 27.8 Å². The Morgan fingerprint density at radius 1 is 1.32 bits per heavy atom. The van der Waals surface area contributed by atoms with Crippen LogP contribution in [0.3, 0.4) is 0 Å². The Bertz CT molecular complexity index is 414. The van der Waals surface area contributed by atoms with Crippen molar-refractivity contribution in [2.45, 2.75) is 37.8 Å². The Morgan fingerprint density at radius 3 is 2.74 bits per heavy atom. The molecule has 1 heterocycles. The fourth-order valence-electron chi connectivity index (χ4n) is 2.12. The van der Waals surface area contributed by atoms with Crippen molar-refractivity contribution in [3.8, 4) is 5.75 Å². The lowest BCUT2D eigenvalue weighted by Crippen LogP contribution is -2.26. The van der Waals surface area contributed by atoms with Gasteiger partial charge < -0.3 is 14.6 Å². The summed E-state index contributed by atoms with van der Waals surface area (Å²) in [7, 11) is 0. The van der Waals surface area contributed by atoms with Gasteiger partial charge >= 0.3 is 6.36 Å². The number of hydrogen-bond acceptors (Lipinski definition) is 3. The molecular formula is C13H15F3O3. The van der Waals surface area contributed by atoms with Crippen molar-refractivity contribution in [1.82, 2.24) is 0 Å². The molecule has 1 aromatic rings. The van der Waals surface area contributed by atoms with Crippen LogP contribution in [0.2, 0.25) is 0 Å². The molecule has 1 fully saturated rings. The van der Waals surface area contributed by atoms with Crippen LogP contribution in [0.1, 0.15) is 30.9 Å². The van der Waals surface area contributed by atoms with Gasteiger partial charge in [0.1, 0.15) is 11.9 Å². The van der Waals surface area contributed by atoms with Gasteiger partial charge in [0.2, 0.25) is 0 Å². The smallest absolute Gasteiger partial charge is 0.406 e. The third-order valence-corrected chi connectivity index (χ3v) is 3.00. The summed E-state index contributed by atoms with van der Waals surface area (Å²) >= 11 is 0. The van der Waals surface area contributed by atoms with Crippen LogP contribution in [-0.2, 0) is 4.74 Å². The minimum absolute atomic E-state index is 0.333. The van der Waals surface area contributed by atoms with Crippen molar-refractivity contribution in [3.05, 3.63) is 29.8 Å². The lowest BCUT2D eigenvalue weighted by atomic mass is 9.98. The topological polar surface area (TPSA) is 38.7 Å². The van der Waals surface area contributed by atoms with Crippen LogP contribution in [-0.4, -0.2) is 24.2 Å². The fourth-order valence-corrected chi connectivity index (χ4v) is 2.12. The predicted octanol–water partition coefficient (Wildman–Crippen LogP) is 3.19. The molecule has 6 heteroatoms. The minimum atomic E-state index is -4.73. The molecule has 1 N–H and O–H groups in total. The highest BCUT2D eigenvalue weighted by Gasteiger charge is 2.31. The maximum absolute atomic E-state index is 12.1. The Kier molecular flexibility index (Phi) is 4.31. The van der Waals surface area contributed by atoms with Crippen molar-refractivity contribution in [2.24, 2.45) is 0 Å². The summed E-state index contributed by atoms with van der Waals surface area (Å²) in [6.07, 6.45) is -3.44. The van der Waals surface area contributed by atoms with Crippen LogP contribution in [0.15, 0.2) is 24.3 Å². The van der Waals surface area contributed by atoms with E-state index in [1.54, 1.807) is 6.07 Å². The summed E-state index contributed by atoms with van der Waals surface area (Å²) in [5, 5.41) is 10.1. The molecule has 3 nitrogen and oxygen atoms in total. The Labute approximate surface area is 108 Å². The summed E-state index contributed by atoms with van der Waals surface area (Å²) in [5.41, 5.74) is 0.369. The van der Waals surface area contributed by atoms with Gasteiger partial charge in [-0.2, -0.15) is 0 Å². The molecule has 2 unspecified atom stereocenters. The van der Waals surface area contributed by atoms with Crippen molar-refractivity contribution in [1.29, 1.82) is 0 Å². The zero-order valence-electron chi connectivity index (χ0n) is 10.2. The van der Waals surface area contributed by atoms with E-state index in [0.717, 1.165) is 12.8 Å². The van der Waals surface area contributed by atoms with Crippen LogP contribution < -0.4 is 4.74 Å². The van der Waals surface area contributed by atoms with E-state index in [1.165, 1.54) is 18.2 Å². The first kappa shape index (κ1) is 14.1. The normalized spacial score (nSPS) is 22.0. The largest absolute Gasteiger partial charge is 0.573 e. The number of aliphatic hydroxyl groups excluding tert-OH is 1. The number of ether oxygens (including phenoxy) is 2. The maximum atomic E-state index is 12.1. The van der Waals surface area contributed by atoms with E-state index in [4.69, 9.17) is 4.74 Å². The second-order valence-corrected chi connectivity index (χ2v) is 4.47. The second-order valence-electron chi connectivity index (χ2n) is 4.47. The maximum Gasteiger partial charge on any atom is 0.573 e. The molecule has 0 aliphatic carbocycles. The van der Waals surface area contributed by atoms with Crippen molar-refractivity contribution >= 4 is 0 Å². The zero-order valence-corrected chi connectivity index (χ0v) is 10.2. The van der Waals surface area contributed by atoms with Crippen molar-refractivity contribution in [2.75, 3.05) is 6.61 Å². The SMILES string of the molecule is OC(c1cccc(OC(F)(F)F)c1)C1CCCCO1. The van der Waals surface area contributed by atoms with Crippen LogP contribution in [0.25, 0.3) is 0 Å². The third kappa shape index (κ3) is 4.11. The molecule has 0 amide bonds. The van der Waals surface area contributed by atoms with Gasteiger partial charge in [0.15, 0.2) is 0 Å². The van der Waals surface area contributed by atoms with Gasteiger partial charge in [-0.05, 0) is 37.0 Å². The second kappa shape index (κ2) is 5.79. The third-order valence-electron chi connectivity index (χ3n) is 3.00. The number of aliphatic hydroxyl groups is 1. The molecule has 0 bridgehead atoms. The molecule has 0 radical (unpaired) electrons. The van der Waals surface area contributed by atoms with E-state index < -0.39 is 12.5 Å². The molecular weight excluding hydrogens is 261 g/mol. The number of benzene rings is 1. The average Bonchev–Trinajstić information content (AvgIpc) is 2.37. The summed E-state index contributed by atoms with van der Waals surface area (Å²) in [5.74, 6) is -0.333. The molecule has 1 saturated heterocycles. The van der Waals surface area contributed by atoms with Crippen LogP contribution in [0, 0.1) is 0 Å². The van der Waals surface area contributed by atoms with Crippen molar-refractivity contribution in [3.63, 3.8) is 0 Å². The van der Waals surface area contributed by atoms with Gasteiger partial charge in [0.25, 0.3) is 0 Å². The number of halogens is 3. The van der Waals surface area contributed by atoms with Gasteiger partial charge in [0, 0.05) is 6.61 Å². The number of hydrogen-bond donors (Lipinski definition) is 1. The molecule has 1 aliphatic heterocycles. The number of alkyl halides is 3. The molecule has 0 spiro atoms. The van der Waals surface area contributed by atoms with E-state index in [2.05, 4.69) is 4.74 Å². The van der Waals surface area contributed by atoms with Gasteiger partial charge in [-0.25, -0.2) is 0 Å². The van der Waals surface area contributed by atoms with Crippen LogP contribution >= 0.6 is 0 Å². The monoisotopic (exact) mass is 276 g/mol. The standard InChI is InChI=1S/C13H15F3O3/c14-13(15,16)19-10-5-3-4-9(8-10)12(17)11-6-1-2-7-18-11/h3-5,8,11-12,17H,1-2,6-7H2. The first-order chi connectivity index (χ1) is 8.96. The van der Waals surface area contributed by atoms with Gasteiger partial charge in [-0.3, -0.25) is 0 Å². The lowest BCUT2D eigenvalue weighted by Gasteiger charge is -2.27. The fraction of sp³-hybridized carbons (Fsp3) is 0.538. The first-order valence-corrected chi connectivity index (χ1v) is 6.11. The van der Waals surface area contributed by atoms with Gasteiger partial charge in [-0.1, -0.05) is 12.1 Å². The molecule has 0 aromatic heterocycles. The molecule has 0 saturated carbocycles. The summed E-state index contributed by atoms with van der Waals surface area (Å²) in [4.78, 5) is 0. The molecule has 2 atom stereocenters. The molecule has 2 rings (SSSR count). The molecule has 106 valence electrons. The molecule has 1 aliphatic rings. The van der Waals surface area contributed by atoms with Crippen LogP contribution in [0.5, 0.6) is 5.75 Å². The highest BCUT2D eigenvalue weighted by Crippen LogP contribution is 2.30. The Hall–Kier alpha value is -1.27. The van der Waals surface area contributed by atoms with Crippen LogP contribution in [0.4, 0.5) is 13.2 Å². The van der Waals surface area contributed by atoms with Gasteiger partial charge in [0.05, 0.1) is 6.10 Å². The highest BCUT2D eigenvalue weighted by molar-refractivity contribution is 5.30. The summed E-state index contributed by atoms with van der Waals surface area (Å²) in [6, 6.07) is 5.37. The highest BCUT2D eigenvalue weighted by atomic mass is 19.4. The van der Waals surface area contributed by atoms with E-state index in [1.807, 2.05) is 0 Å². The average molecular weight is 276 g/mol. The lowest BCUT2D eigenvalue weighted by molar-refractivity contribution is -0.274. The van der Waals surface area contributed by atoms with Gasteiger partial charge in [-0.15, -0.1) is 13.2 Å².